The third-order valence-electron chi connectivity index (χ3n) is 4.02. The first-order valence-corrected chi connectivity index (χ1v) is 7.18. The highest BCUT2D eigenvalue weighted by Crippen LogP contribution is 2.28. The number of rotatable bonds is 5. The number of nitrogens with zero attached hydrogens (tertiary/aromatic N) is 1. The van der Waals surface area contributed by atoms with Crippen molar-refractivity contribution < 1.29 is 14.3 Å². The summed E-state index contributed by atoms with van der Waals surface area (Å²) in [6.07, 6.45) is 5.08. The summed E-state index contributed by atoms with van der Waals surface area (Å²) >= 11 is 0. The van der Waals surface area contributed by atoms with Crippen molar-refractivity contribution in [3.8, 4) is 5.75 Å². The molecule has 4 heteroatoms. The summed E-state index contributed by atoms with van der Waals surface area (Å²) < 4.78 is 13.5. The van der Waals surface area contributed by atoms with Crippen LogP contribution in [0.1, 0.15) is 48.5 Å². The quantitative estimate of drug-likeness (QED) is 0.840. The van der Waals surface area contributed by atoms with Gasteiger partial charge in [0, 0.05) is 18.7 Å². The number of carbonyl (C=O) groups is 1. The van der Waals surface area contributed by atoms with Gasteiger partial charge in [-0.3, -0.25) is 4.79 Å². The first-order valence-electron chi connectivity index (χ1n) is 7.18. The van der Waals surface area contributed by atoms with E-state index in [9.17, 15) is 14.3 Å². The Hall–Kier alpha value is -1.42. The number of ketones is 1. The Morgan fingerprint density at radius 1 is 1.40 bits per heavy atom. The van der Waals surface area contributed by atoms with E-state index in [1.807, 2.05) is 7.05 Å². The van der Waals surface area contributed by atoms with Gasteiger partial charge in [0.1, 0.15) is 11.6 Å². The Morgan fingerprint density at radius 3 is 2.65 bits per heavy atom. The van der Waals surface area contributed by atoms with Gasteiger partial charge in [-0.1, -0.05) is 12.8 Å². The molecule has 0 unspecified atom stereocenters. The van der Waals surface area contributed by atoms with Crippen LogP contribution in [0.25, 0.3) is 0 Å². The zero-order valence-electron chi connectivity index (χ0n) is 12.2. The van der Waals surface area contributed by atoms with Crippen LogP contribution in [0.5, 0.6) is 5.75 Å². The second-order valence-electron chi connectivity index (χ2n) is 5.86. The van der Waals surface area contributed by atoms with Crippen LogP contribution < -0.4 is 0 Å². The van der Waals surface area contributed by atoms with Gasteiger partial charge in [-0.2, -0.15) is 0 Å². The Balaban J connectivity index is 2.09. The molecule has 0 bridgehead atoms. The second kappa shape index (κ2) is 6.35. The molecule has 1 aromatic carbocycles. The number of carbonyl (C=O) groups excluding carboxylic acids is 1. The van der Waals surface area contributed by atoms with E-state index in [1.165, 1.54) is 38.7 Å². The summed E-state index contributed by atoms with van der Waals surface area (Å²) in [5.41, 5.74) is 0.546. The number of Topliss-reactive ketones (excluding diaryl/α,β-unsaturated/α-hetero) is 1. The molecule has 110 valence electrons. The minimum Gasteiger partial charge on any atom is -0.507 e. The van der Waals surface area contributed by atoms with Crippen molar-refractivity contribution in [1.82, 2.24) is 4.90 Å². The minimum absolute atomic E-state index is 0.0641. The second-order valence-corrected chi connectivity index (χ2v) is 5.86. The van der Waals surface area contributed by atoms with E-state index in [0.29, 0.717) is 18.0 Å². The number of aromatic hydroxyl groups is 1. The number of halogens is 1. The highest BCUT2D eigenvalue weighted by Gasteiger charge is 2.19. The number of phenols is 1. The molecule has 0 spiro atoms. The molecule has 1 saturated carbocycles. The third-order valence-corrected chi connectivity index (χ3v) is 4.02. The van der Waals surface area contributed by atoms with Crippen molar-refractivity contribution in [2.24, 2.45) is 5.92 Å². The van der Waals surface area contributed by atoms with Gasteiger partial charge in [0.15, 0.2) is 5.78 Å². The molecule has 0 amide bonds. The molecule has 0 radical (unpaired) electrons. The molecule has 1 aliphatic rings. The summed E-state index contributed by atoms with van der Waals surface area (Å²) in [6, 6.07) is 2.41. The summed E-state index contributed by atoms with van der Waals surface area (Å²) in [6.45, 7) is 2.74. The van der Waals surface area contributed by atoms with Crippen LogP contribution in [0, 0.1) is 11.7 Å². The van der Waals surface area contributed by atoms with E-state index in [1.54, 1.807) is 0 Å². The van der Waals surface area contributed by atoms with Crippen molar-refractivity contribution in [2.45, 2.75) is 39.2 Å². The van der Waals surface area contributed by atoms with E-state index in [2.05, 4.69) is 4.90 Å². The standard InChI is InChI=1S/C16H22FNO2/c1-11(19)15-8-14(17)7-13(16(15)20)10-18(2)9-12-5-3-4-6-12/h7-8,12,20H,3-6,9-10H2,1-2H3. The molecule has 0 saturated heterocycles. The first-order chi connectivity index (χ1) is 9.47. The predicted octanol–water partition coefficient (Wildman–Crippen LogP) is 3.36. The Kier molecular flexibility index (Phi) is 4.76. The Labute approximate surface area is 119 Å². The molecule has 20 heavy (non-hydrogen) atoms. The fraction of sp³-hybridized carbons (Fsp3) is 0.562. The van der Waals surface area contributed by atoms with Crippen LogP contribution >= 0.6 is 0 Å². The van der Waals surface area contributed by atoms with Gasteiger partial charge in [0.05, 0.1) is 5.56 Å². The van der Waals surface area contributed by atoms with Gasteiger partial charge in [-0.05, 0) is 44.9 Å². The van der Waals surface area contributed by atoms with E-state index in [-0.39, 0.29) is 17.1 Å². The van der Waals surface area contributed by atoms with Crippen molar-refractivity contribution in [1.29, 1.82) is 0 Å². The van der Waals surface area contributed by atoms with Gasteiger partial charge in [0.25, 0.3) is 0 Å². The Bertz CT molecular complexity index is 495. The predicted molar refractivity (Wildman–Crippen MR) is 76.4 cm³/mol. The topological polar surface area (TPSA) is 40.5 Å². The van der Waals surface area contributed by atoms with Gasteiger partial charge >= 0.3 is 0 Å². The van der Waals surface area contributed by atoms with E-state index in [4.69, 9.17) is 0 Å². The van der Waals surface area contributed by atoms with Crippen molar-refractivity contribution >= 4 is 5.78 Å². The van der Waals surface area contributed by atoms with Gasteiger partial charge in [-0.25, -0.2) is 4.39 Å². The lowest BCUT2D eigenvalue weighted by Gasteiger charge is -2.21. The van der Waals surface area contributed by atoms with E-state index in [0.717, 1.165) is 12.6 Å². The summed E-state index contributed by atoms with van der Waals surface area (Å²) in [7, 11) is 1.97. The molecule has 1 fully saturated rings. The van der Waals surface area contributed by atoms with Crippen LogP contribution in [-0.2, 0) is 6.54 Å². The molecule has 0 atom stereocenters. The average molecular weight is 279 g/mol. The van der Waals surface area contributed by atoms with Crippen LogP contribution in [-0.4, -0.2) is 29.4 Å². The smallest absolute Gasteiger partial charge is 0.163 e. The number of hydrogen-bond donors (Lipinski definition) is 1. The lowest BCUT2D eigenvalue weighted by Crippen LogP contribution is -2.24. The monoisotopic (exact) mass is 279 g/mol. The van der Waals surface area contributed by atoms with Crippen LogP contribution in [0.2, 0.25) is 0 Å². The lowest BCUT2D eigenvalue weighted by atomic mass is 10.0. The van der Waals surface area contributed by atoms with Crippen LogP contribution in [0.4, 0.5) is 4.39 Å². The molecule has 3 nitrogen and oxygen atoms in total. The van der Waals surface area contributed by atoms with Gasteiger partial charge in [-0.15, -0.1) is 0 Å². The number of hydrogen-bond acceptors (Lipinski definition) is 3. The summed E-state index contributed by atoms with van der Waals surface area (Å²) in [5, 5.41) is 10.1. The third kappa shape index (κ3) is 3.57. The highest BCUT2D eigenvalue weighted by atomic mass is 19.1. The SMILES string of the molecule is CC(=O)c1cc(F)cc(CN(C)CC2CCCC2)c1O. The number of phenolic OH excluding ortho intramolecular Hbond substituents is 1. The zero-order chi connectivity index (χ0) is 14.7. The minimum atomic E-state index is -0.475. The average Bonchev–Trinajstić information content (AvgIpc) is 2.85. The van der Waals surface area contributed by atoms with Crippen molar-refractivity contribution in [2.75, 3.05) is 13.6 Å². The van der Waals surface area contributed by atoms with Gasteiger partial charge < -0.3 is 10.0 Å². The van der Waals surface area contributed by atoms with Crippen molar-refractivity contribution in [3.05, 3.63) is 29.1 Å². The van der Waals surface area contributed by atoms with Crippen LogP contribution in [0.15, 0.2) is 12.1 Å². The number of benzene rings is 1. The first kappa shape index (κ1) is 15.0. The maximum atomic E-state index is 13.5. The maximum absolute atomic E-state index is 13.5. The normalized spacial score (nSPS) is 16.0. The van der Waals surface area contributed by atoms with Crippen molar-refractivity contribution in [3.63, 3.8) is 0 Å². The Morgan fingerprint density at radius 2 is 2.05 bits per heavy atom. The molecule has 0 aliphatic heterocycles. The molecule has 1 aromatic rings. The summed E-state index contributed by atoms with van der Waals surface area (Å²) in [5.74, 6) is -0.181. The fourth-order valence-corrected chi connectivity index (χ4v) is 3.03. The lowest BCUT2D eigenvalue weighted by molar-refractivity contribution is 0.101. The maximum Gasteiger partial charge on any atom is 0.163 e. The zero-order valence-corrected chi connectivity index (χ0v) is 12.2. The molecule has 1 aliphatic carbocycles. The molecule has 0 heterocycles. The molecule has 2 rings (SSSR count). The largest absolute Gasteiger partial charge is 0.507 e. The van der Waals surface area contributed by atoms with E-state index >= 15 is 0 Å². The fourth-order valence-electron chi connectivity index (χ4n) is 3.03. The highest BCUT2D eigenvalue weighted by molar-refractivity contribution is 5.97. The molecular formula is C16H22FNO2. The molecule has 1 N–H and O–H groups in total. The van der Waals surface area contributed by atoms with Crippen LogP contribution in [0.3, 0.4) is 0 Å². The molecular weight excluding hydrogens is 257 g/mol. The van der Waals surface area contributed by atoms with Gasteiger partial charge in [0.2, 0.25) is 0 Å². The molecule has 0 aromatic heterocycles. The van der Waals surface area contributed by atoms with E-state index < -0.39 is 5.82 Å². The summed E-state index contributed by atoms with van der Waals surface area (Å²) in [4.78, 5) is 13.5.